The predicted octanol–water partition coefficient (Wildman–Crippen LogP) is 1.20. The molecule has 13 heavy (non-hydrogen) atoms. The number of nitrogens with zero attached hydrogens (tertiary/aromatic N) is 1. The van der Waals surface area contributed by atoms with Crippen molar-refractivity contribution in [2.75, 3.05) is 7.11 Å². The Balaban J connectivity index is 2.69. The van der Waals surface area contributed by atoms with Crippen molar-refractivity contribution in [2.24, 2.45) is 0 Å². The number of rotatable bonds is 3. The molecular formula is C8H9NO3S. The lowest BCUT2D eigenvalue weighted by molar-refractivity contribution is -0.139. The van der Waals surface area contributed by atoms with Gasteiger partial charge in [0.2, 0.25) is 0 Å². The number of hydrogen-bond acceptors (Lipinski definition) is 5. The van der Waals surface area contributed by atoms with Gasteiger partial charge in [0.05, 0.1) is 7.11 Å². The molecular weight excluding hydrogens is 190 g/mol. The first-order valence-electron chi connectivity index (χ1n) is 3.66. The zero-order chi connectivity index (χ0) is 9.84. The van der Waals surface area contributed by atoms with Gasteiger partial charge in [-0.3, -0.25) is 9.59 Å². The number of aromatic nitrogens is 1. The maximum atomic E-state index is 11.3. The van der Waals surface area contributed by atoms with Crippen LogP contribution in [0.1, 0.15) is 22.5 Å². The van der Waals surface area contributed by atoms with Crippen LogP contribution < -0.4 is 0 Å². The minimum atomic E-state index is -0.530. The van der Waals surface area contributed by atoms with Gasteiger partial charge in [-0.15, -0.1) is 0 Å². The number of methoxy groups -OCH3 is 1. The molecule has 1 aromatic heterocycles. The van der Waals surface area contributed by atoms with Crippen molar-refractivity contribution in [3.05, 3.63) is 16.6 Å². The van der Waals surface area contributed by atoms with E-state index in [9.17, 15) is 9.59 Å². The number of carbonyl (C=O) groups is 2. The van der Waals surface area contributed by atoms with E-state index in [1.807, 2.05) is 0 Å². The molecule has 0 aromatic carbocycles. The number of ether oxygens (including phenoxy) is 1. The minimum Gasteiger partial charge on any atom is -0.469 e. The van der Waals surface area contributed by atoms with Crippen molar-refractivity contribution in [1.82, 2.24) is 4.37 Å². The van der Waals surface area contributed by atoms with E-state index in [1.165, 1.54) is 18.6 Å². The van der Waals surface area contributed by atoms with Crippen molar-refractivity contribution in [3.63, 3.8) is 0 Å². The molecule has 1 aromatic rings. The molecule has 0 atom stereocenters. The second-order valence-corrected chi connectivity index (χ2v) is 3.15. The monoisotopic (exact) mass is 199 g/mol. The zero-order valence-corrected chi connectivity index (χ0v) is 8.18. The van der Waals surface area contributed by atoms with Gasteiger partial charge >= 0.3 is 5.97 Å². The van der Waals surface area contributed by atoms with Crippen molar-refractivity contribution in [2.45, 2.75) is 13.3 Å². The van der Waals surface area contributed by atoms with E-state index in [0.29, 0.717) is 5.69 Å². The summed E-state index contributed by atoms with van der Waals surface area (Å²) in [6, 6.07) is 0. The number of esters is 1. The van der Waals surface area contributed by atoms with Gasteiger partial charge in [-0.2, -0.15) is 4.37 Å². The first-order valence-corrected chi connectivity index (χ1v) is 4.49. The first kappa shape index (κ1) is 9.85. The van der Waals surface area contributed by atoms with Gasteiger partial charge in [0.1, 0.15) is 12.1 Å². The topological polar surface area (TPSA) is 56.3 Å². The Kier molecular flexibility index (Phi) is 3.13. The number of aryl methyl sites for hydroxylation is 1. The number of hydrogen-bond donors (Lipinski definition) is 0. The molecule has 0 saturated carbocycles. The van der Waals surface area contributed by atoms with Crippen LogP contribution in [0.25, 0.3) is 0 Å². The summed E-state index contributed by atoms with van der Waals surface area (Å²) in [6.45, 7) is 1.79. The van der Waals surface area contributed by atoms with Crippen molar-refractivity contribution in [1.29, 1.82) is 0 Å². The third-order valence-corrected chi connectivity index (χ3v) is 2.29. The molecule has 0 aliphatic carbocycles. The summed E-state index contributed by atoms with van der Waals surface area (Å²) in [5.74, 6) is -0.817. The summed E-state index contributed by atoms with van der Waals surface area (Å²) < 4.78 is 8.26. The Morgan fingerprint density at radius 2 is 2.31 bits per heavy atom. The summed E-state index contributed by atoms with van der Waals surface area (Å²) in [5.41, 5.74) is 1.18. The van der Waals surface area contributed by atoms with Crippen LogP contribution in [0.3, 0.4) is 0 Å². The zero-order valence-electron chi connectivity index (χ0n) is 7.36. The second-order valence-electron chi connectivity index (χ2n) is 2.52. The molecule has 0 unspecified atom stereocenters. The van der Waals surface area contributed by atoms with Crippen LogP contribution in [0, 0.1) is 6.92 Å². The SMILES string of the molecule is COC(=O)CC(=O)c1nscc1C. The van der Waals surface area contributed by atoms with Gasteiger partial charge in [0.15, 0.2) is 5.78 Å². The molecule has 0 amide bonds. The molecule has 0 aliphatic heterocycles. The Morgan fingerprint density at radius 1 is 1.62 bits per heavy atom. The van der Waals surface area contributed by atoms with Crippen molar-refractivity contribution in [3.8, 4) is 0 Å². The predicted molar refractivity (Wildman–Crippen MR) is 47.8 cm³/mol. The molecule has 0 fully saturated rings. The molecule has 0 radical (unpaired) electrons. The largest absolute Gasteiger partial charge is 0.469 e. The smallest absolute Gasteiger partial charge is 0.313 e. The van der Waals surface area contributed by atoms with Crippen LogP contribution in [0.15, 0.2) is 5.38 Å². The summed E-state index contributed by atoms with van der Waals surface area (Å²) >= 11 is 1.21. The highest BCUT2D eigenvalue weighted by Gasteiger charge is 2.15. The highest BCUT2D eigenvalue weighted by atomic mass is 32.1. The first-order chi connectivity index (χ1) is 6.15. The molecule has 0 saturated heterocycles. The van der Waals surface area contributed by atoms with Crippen LogP contribution in [-0.4, -0.2) is 23.2 Å². The maximum Gasteiger partial charge on any atom is 0.313 e. The fourth-order valence-corrected chi connectivity index (χ4v) is 1.52. The second kappa shape index (κ2) is 4.13. The highest BCUT2D eigenvalue weighted by molar-refractivity contribution is 7.03. The highest BCUT2D eigenvalue weighted by Crippen LogP contribution is 2.11. The average molecular weight is 199 g/mol. The van der Waals surface area contributed by atoms with Crippen LogP contribution in [0.5, 0.6) is 0 Å². The Labute approximate surface area is 79.7 Å². The minimum absolute atomic E-state index is 0.235. The van der Waals surface area contributed by atoms with E-state index in [2.05, 4.69) is 9.11 Å². The summed E-state index contributed by atoms with van der Waals surface area (Å²) in [6.07, 6.45) is -0.235. The third kappa shape index (κ3) is 2.35. The van der Waals surface area contributed by atoms with Gasteiger partial charge in [-0.1, -0.05) is 0 Å². The normalized spacial score (nSPS) is 9.69. The van der Waals surface area contributed by atoms with Gasteiger partial charge in [0, 0.05) is 5.38 Å². The van der Waals surface area contributed by atoms with E-state index in [-0.39, 0.29) is 12.2 Å². The molecule has 0 aliphatic rings. The van der Waals surface area contributed by atoms with Crippen LogP contribution >= 0.6 is 11.5 Å². The Morgan fingerprint density at radius 3 is 2.77 bits per heavy atom. The molecule has 0 N–H and O–H groups in total. The lowest BCUT2D eigenvalue weighted by atomic mass is 10.1. The fourth-order valence-electron chi connectivity index (χ4n) is 0.844. The standard InChI is InChI=1S/C8H9NO3S/c1-5-4-13-9-8(5)6(10)3-7(11)12-2/h4H,3H2,1-2H3. The lowest BCUT2D eigenvalue weighted by Gasteiger charge is -1.96. The molecule has 0 spiro atoms. The fraction of sp³-hybridized carbons (Fsp3) is 0.375. The molecule has 5 heteroatoms. The van der Waals surface area contributed by atoms with Gasteiger partial charge in [-0.05, 0) is 24.0 Å². The van der Waals surface area contributed by atoms with E-state index < -0.39 is 5.97 Å². The molecule has 0 bridgehead atoms. The van der Waals surface area contributed by atoms with Gasteiger partial charge < -0.3 is 4.74 Å². The molecule has 4 nitrogen and oxygen atoms in total. The maximum absolute atomic E-state index is 11.3. The Bertz CT molecular complexity index is 332. The van der Waals surface area contributed by atoms with Crippen molar-refractivity contribution >= 4 is 23.3 Å². The van der Waals surface area contributed by atoms with E-state index in [4.69, 9.17) is 0 Å². The Hall–Kier alpha value is -1.23. The number of ketones is 1. The third-order valence-electron chi connectivity index (χ3n) is 1.54. The van der Waals surface area contributed by atoms with E-state index in [1.54, 1.807) is 12.3 Å². The molecule has 70 valence electrons. The van der Waals surface area contributed by atoms with Gasteiger partial charge in [0.25, 0.3) is 0 Å². The van der Waals surface area contributed by atoms with Gasteiger partial charge in [-0.25, -0.2) is 0 Å². The van der Waals surface area contributed by atoms with E-state index >= 15 is 0 Å². The number of Topliss-reactive ketones (excluding diaryl/α,β-unsaturated/α-hetero) is 1. The summed E-state index contributed by atoms with van der Waals surface area (Å²) in [5, 5.41) is 1.77. The van der Waals surface area contributed by atoms with Crippen molar-refractivity contribution < 1.29 is 14.3 Å². The van der Waals surface area contributed by atoms with E-state index in [0.717, 1.165) is 5.56 Å². The quantitative estimate of drug-likeness (QED) is 0.417. The van der Waals surface area contributed by atoms with Crippen LogP contribution in [0.2, 0.25) is 0 Å². The average Bonchev–Trinajstić information content (AvgIpc) is 2.51. The van der Waals surface area contributed by atoms with Crippen LogP contribution in [0.4, 0.5) is 0 Å². The lowest BCUT2D eigenvalue weighted by Crippen LogP contribution is -2.10. The van der Waals surface area contributed by atoms with Crippen LogP contribution in [-0.2, 0) is 9.53 Å². The summed E-state index contributed by atoms with van der Waals surface area (Å²) in [4.78, 5) is 22.1. The number of carbonyl (C=O) groups excluding carboxylic acids is 2. The molecule has 1 rings (SSSR count). The summed E-state index contributed by atoms with van der Waals surface area (Å²) in [7, 11) is 1.25. The molecule has 1 heterocycles.